The Morgan fingerprint density at radius 2 is 1.89 bits per heavy atom. The summed E-state index contributed by atoms with van der Waals surface area (Å²) >= 11 is 12.2. The van der Waals surface area contributed by atoms with Crippen LogP contribution in [0.1, 0.15) is 38.1 Å². The molecule has 1 saturated heterocycles. The quantitative estimate of drug-likeness (QED) is 0.627. The summed E-state index contributed by atoms with van der Waals surface area (Å²) in [6.07, 6.45) is -0.355. The topological polar surface area (TPSA) is 62.7 Å². The Kier molecular flexibility index (Phi) is 5.73. The van der Waals surface area contributed by atoms with Gasteiger partial charge in [0.2, 0.25) is 0 Å². The van der Waals surface area contributed by atoms with E-state index in [0.717, 1.165) is 5.39 Å². The van der Waals surface area contributed by atoms with E-state index in [9.17, 15) is 9.59 Å². The van der Waals surface area contributed by atoms with Gasteiger partial charge in [-0.15, -0.1) is 0 Å². The van der Waals surface area contributed by atoms with Crippen molar-refractivity contribution in [1.82, 2.24) is 14.8 Å². The Balaban J connectivity index is 1.74. The first-order valence-electron chi connectivity index (χ1n) is 9.10. The first kappa shape index (κ1) is 20.7. The van der Waals surface area contributed by atoms with Gasteiger partial charge in [0.05, 0.1) is 10.5 Å². The van der Waals surface area contributed by atoms with Crippen molar-refractivity contribution in [1.29, 1.82) is 0 Å². The van der Waals surface area contributed by atoms with E-state index in [1.54, 1.807) is 34.1 Å². The van der Waals surface area contributed by atoms with Gasteiger partial charge >= 0.3 is 6.09 Å². The van der Waals surface area contributed by atoms with Crippen LogP contribution in [0, 0.1) is 0 Å². The van der Waals surface area contributed by atoms with Gasteiger partial charge in [-0.2, -0.15) is 0 Å². The predicted molar refractivity (Wildman–Crippen MR) is 110 cm³/mol. The predicted octanol–water partition coefficient (Wildman–Crippen LogP) is 4.62. The number of benzene rings is 1. The van der Waals surface area contributed by atoms with Crippen molar-refractivity contribution < 1.29 is 14.3 Å². The molecule has 28 heavy (non-hydrogen) atoms. The SMILES string of the molecule is C[C@@H]1CN(C(=O)c2ccc3c(Cl)cc(Cl)nc3c2)CCN1C(=O)OC(C)(C)C. The van der Waals surface area contributed by atoms with Crippen LogP contribution in [0.4, 0.5) is 4.79 Å². The highest BCUT2D eigenvalue weighted by Crippen LogP contribution is 2.26. The summed E-state index contributed by atoms with van der Waals surface area (Å²) < 4.78 is 5.45. The molecule has 0 N–H and O–H groups in total. The second-order valence-electron chi connectivity index (χ2n) is 7.93. The number of hydrogen-bond donors (Lipinski definition) is 0. The Morgan fingerprint density at radius 3 is 2.54 bits per heavy atom. The number of fused-ring (bicyclic) bond motifs is 1. The standard InChI is InChI=1S/C20H23Cl2N3O3/c1-12-11-24(7-8-25(12)19(27)28-20(2,3)4)18(26)13-5-6-14-15(21)10-17(22)23-16(14)9-13/h5-6,9-10,12H,7-8,11H2,1-4H3/t12-/m1/s1. The number of carbonyl (C=O) groups excluding carboxylic acids is 2. The zero-order valence-electron chi connectivity index (χ0n) is 16.3. The summed E-state index contributed by atoms with van der Waals surface area (Å²) in [6.45, 7) is 8.70. The zero-order chi connectivity index (χ0) is 20.6. The van der Waals surface area contributed by atoms with Crippen LogP contribution in [0.25, 0.3) is 10.9 Å². The highest BCUT2D eigenvalue weighted by Gasteiger charge is 2.32. The largest absolute Gasteiger partial charge is 0.444 e. The summed E-state index contributed by atoms with van der Waals surface area (Å²) in [6, 6.07) is 6.63. The van der Waals surface area contributed by atoms with E-state index in [-0.39, 0.29) is 23.2 Å². The van der Waals surface area contributed by atoms with Gasteiger partial charge in [0.25, 0.3) is 5.91 Å². The first-order valence-corrected chi connectivity index (χ1v) is 9.85. The summed E-state index contributed by atoms with van der Waals surface area (Å²) in [5.74, 6) is -0.115. The molecule has 0 aliphatic carbocycles. The van der Waals surface area contributed by atoms with Gasteiger partial charge in [0.1, 0.15) is 10.8 Å². The summed E-state index contributed by atoms with van der Waals surface area (Å²) in [5, 5.41) is 1.51. The number of halogens is 2. The van der Waals surface area contributed by atoms with Crippen molar-refractivity contribution in [2.24, 2.45) is 0 Å². The minimum Gasteiger partial charge on any atom is -0.444 e. The average Bonchev–Trinajstić information content (AvgIpc) is 2.58. The summed E-state index contributed by atoms with van der Waals surface area (Å²) in [7, 11) is 0. The maximum atomic E-state index is 13.0. The van der Waals surface area contributed by atoms with E-state index < -0.39 is 5.60 Å². The maximum absolute atomic E-state index is 13.0. The van der Waals surface area contributed by atoms with Crippen molar-refractivity contribution in [3.8, 4) is 0 Å². The number of amides is 2. The molecule has 0 unspecified atom stereocenters. The number of carbonyl (C=O) groups is 2. The Bertz CT molecular complexity index is 927. The van der Waals surface area contributed by atoms with E-state index >= 15 is 0 Å². The molecule has 2 aromatic rings. The van der Waals surface area contributed by atoms with Gasteiger partial charge in [-0.1, -0.05) is 29.3 Å². The van der Waals surface area contributed by atoms with Crippen LogP contribution in [0.15, 0.2) is 24.3 Å². The van der Waals surface area contributed by atoms with E-state index in [2.05, 4.69) is 4.98 Å². The van der Waals surface area contributed by atoms with Gasteiger partial charge in [0, 0.05) is 36.6 Å². The van der Waals surface area contributed by atoms with Crippen molar-refractivity contribution in [3.63, 3.8) is 0 Å². The van der Waals surface area contributed by atoms with E-state index in [0.29, 0.717) is 35.7 Å². The van der Waals surface area contributed by atoms with Gasteiger partial charge in [0.15, 0.2) is 0 Å². The lowest BCUT2D eigenvalue weighted by atomic mass is 10.1. The van der Waals surface area contributed by atoms with Crippen LogP contribution in [-0.4, -0.2) is 58.1 Å². The van der Waals surface area contributed by atoms with Crippen molar-refractivity contribution in [2.45, 2.75) is 39.3 Å². The van der Waals surface area contributed by atoms with Gasteiger partial charge in [-0.05, 0) is 45.9 Å². The van der Waals surface area contributed by atoms with E-state index in [1.165, 1.54) is 0 Å². The van der Waals surface area contributed by atoms with Gasteiger partial charge in [-0.25, -0.2) is 9.78 Å². The van der Waals surface area contributed by atoms with Crippen molar-refractivity contribution >= 4 is 46.1 Å². The van der Waals surface area contributed by atoms with Crippen LogP contribution in [-0.2, 0) is 4.74 Å². The molecule has 1 aromatic heterocycles. The van der Waals surface area contributed by atoms with Crippen molar-refractivity contribution in [3.05, 3.63) is 40.0 Å². The molecule has 1 aromatic carbocycles. The number of aromatic nitrogens is 1. The Morgan fingerprint density at radius 1 is 1.18 bits per heavy atom. The molecular formula is C20H23Cl2N3O3. The summed E-state index contributed by atoms with van der Waals surface area (Å²) in [4.78, 5) is 33.0. The van der Waals surface area contributed by atoms with Crippen LogP contribution < -0.4 is 0 Å². The fourth-order valence-corrected chi connectivity index (χ4v) is 3.72. The lowest BCUT2D eigenvalue weighted by Crippen LogP contribution is -2.56. The third-order valence-corrected chi connectivity index (χ3v) is 5.02. The minimum absolute atomic E-state index is 0.115. The molecule has 2 heterocycles. The third kappa shape index (κ3) is 4.50. The van der Waals surface area contributed by atoms with Crippen LogP contribution in [0.3, 0.4) is 0 Å². The van der Waals surface area contributed by atoms with Crippen LogP contribution in [0.2, 0.25) is 10.2 Å². The highest BCUT2D eigenvalue weighted by atomic mass is 35.5. The molecular weight excluding hydrogens is 401 g/mol. The number of nitrogens with zero attached hydrogens (tertiary/aromatic N) is 3. The van der Waals surface area contributed by atoms with Crippen molar-refractivity contribution in [2.75, 3.05) is 19.6 Å². The monoisotopic (exact) mass is 423 g/mol. The molecule has 1 aliphatic heterocycles. The number of hydrogen-bond acceptors (Lipinski definition) is 4. The molecule has 0 spiro atoms. The molecule has 150 valence electrons. The fourth-order valence-electron chi connectivity index (χ4n) is 3.21. The number of rotatable bonds is 1. The molecule has 0 radical (unpaired) electrons. The molecule has 3 rings (SSSR count). The second-order valence-corrected chi connectivity index (χ2v) is 8.73. The molecule has 8 heteroatoms. The summed E-state index contributed by atoms with van der Waals surface area (Å²) in [5.41, 5.74) is 0.532. The molecule has 1 fully saturated rings. The van der Waals surface area contributed by atoms with E-state index in [1.807, 2.05) is 27.7 Å². The van der Waals surface area contributed by atoms with Crippen LogP contribution >= 0.6 is 23.2 Å². The maximum Gasteiger partial charge on any atom is 0.410 e. The zero-order valence-corrected chi connectivity index (χ0v) is 17.8. The molecule has 0 bridgehead atoms. The molecule has 2 amide bonds. The molecule has 0 saturated carbocycles. The first-order chi connectivity index (χ1) is 13.0. The third-order valence-electron chi connectivity index (χ3n) is 4.52. The van der Waals surface area contributed by atoms with Crippen LogP contribution in [0.5, 0.6) is 0 Å². The number of ether oxygens (including phenoxy) is 1. The van der Waals surface area contributed by atoms with Gasteiger partial charge in [-0.3, -0.25) is 4.79 Å². The molecule has 1 atom stereocenters. The minimum atomic E-state index is -0.551. The number of piperazine rings is 1. The Hall–Kier alpha value is -2.05. The second kappa shape index (κ2) is 7.76. The lowest BCUT2D eigenvalue weighted by Gasteiger charge is -2.40. The number of pyridine rings is 1. The molecule has 1 aliphatic rings. The normalized spacial score (nSPS) is 17.7. The molecule has 6 nitrogen and oxygen atoms in total. The fraction of sp³-hybridized carbons (Fsp3) is 0.450. The van der Waals surface area contributed by atoms with Gasteiger partial charge < -0.3 is 14.5 Å². The lowest BCUT2D eigenvalue weighted by molar-refractivity contribution is 0.00199. The smallest absolute Gasteiger partial charge is 0.410 e. The van der Waals surface area contributed by atoms with E-state index in [4.69, 9.17) is 27.9 Å². The average molecular weight is 424 g/mol. The highest BCUT2D eigenvalue weighted by molar-refractivity contribution is 6.37. The Labute approximate surface area is 174 Å².